The minimum Gasteiger partial charge on any atom is -0.356 e. The highest BCUT2D eigenvalue weighted by molar-refractivity contribution is 14.0. The fourth-order valence-electron chi connectivity index (χ4n) is 3.24. The average Bonchev–Trinajstić information content (AvgIpc) is 3.00. The zero-order valence-corrected chi connectivity index (χ0v) is 18.6. The smallest absolute Gasteiger partial charge is 0.324 e. The lowest BCUT2D eigenvalue weighted by Crippen LogP contribution is -2.47. The number of aliphatic imine (C=N–C) groups is 1. The van der Waals surface area contributed by atoms with E-state index in [1.165, 1.54) is 10.5 Å². The van der Waals surface area contributed by atoms with Crippen molar-refractivity contribution in [3.63, 3.8) is 0 Å². The molecule has 0 spiro atoms. The minimum absolute atomic E-state index is 0. The summed E-state index contributed by atoms with van der Waals surface area (Å²) in [6.45, 7) is 6.01. The van der Waals surface area contributed by atoms with E-state index in [1.54, 1.807) is 7.05 Å². The molecule has 150 valence electrons. The Morgan fingerprint density at radius 2 is 1.85 bits per heavy atom. The van der Waals surface area contributed by atoms with Gasteiger partial charge in [-0.25, -0.2) is 4.79 Å². The number of urea groups is 1. The van der Waals surface area contributed by atoms with Crippen LogP contribution in [0.15, 0.2) is 35.3 Å². The van der Waals surface area contributed by atoms with E-state index in [0.29, 0.717) is 19.0 Å². The summed E-state index contributed by atoms with van der Waals surface area (Å²) in [5.41, 5.74) is 1.34. The number of hydrogen-bond donors (Lipinski definition) is 3. The molecular weight excluding hydrogens is 457 g/mol. The first-order valence-corrected chi connectivity index (χ1v) is 9.14. The van der Waals surface area contributed by atoms with Gasteiger partial charge in [0.15, 0.2) is 5.96 Å². The molecule has 1 aromatic rings. The number of carbonyl (C=O) groups excluding carboxylic acids is 2. The fraction of sp³-hybridized carbons (Fsp3) is 0.526. The molecule has 0 saturated carbocycles. The lowest BCUT2D eigenvalue weighted by molar-refractivity contribution is -0.124. The quantitative estimate of drug-likeness (QED) is 0.227. The van der Waals surface area contributed by atoms with Gasteiger partial charge in [-0.05, 0) is 18.4 Å². The van der Waals surface area contributed by atoms with E-state index < -0.39 is 0 Å². The summed E-state index contributed by atoms with van der Waals surface area (Å²) in [4.78, 5) is 28.6. The van der Waals surface area contributed by atoms with E-state index in [4.69, 9.17) is 0 Å². The molecule has 0 atom stereocenters. The maximum Gasteiger partial charge on any atom is 0.324 e. The van der Waals surface area contributed by atoms with E-state index in [-0.39, 0.29) is 47.9 Å². The van der Waals surface area contributed by atoms with Gasteiger partial charge in [0, 0.05) is 32.1 Å². The number of nitrogens with one attached hydrogen (secondary N) is 3. The van der Waals surface area contributed by atoms with Crippen molar-refractivity contribution in [3.8, 4) is 0 Å². The zero-order valence-electron chi connectivity index (χ0n) is 16.2. The van der Waals surface area contributed by atoms with Crippen LogP contribution in [0, 0.1) is 0 Å². The second-order valence-electron chi connectivity index (χ2n) is 6.41. The number of benzene rings is 1. The maximum absolute atomic E-state index is 11.6. The molecule has 0 bridgehead atoms. The van der Waals surface area contributed by atoms with Gasteiger partial charge in [-0.15, -0.1) is 24.0 Å². The van der Waals surface area contributed by atoms with E-state index in [9.17, 15) is 9.59 Å². The summed E-state index contributed by atoms with van der Waals surface area (Å²) >= 11 is 0. The Bertz CT molecular complexity index is 631. The molecule has 0 aromatic heterocycles. The molecule has 2 rings (SSSR count). The number of halogens is 1. The zero-order chi connectivity index (χ0) is 19.0. The van der Waals surface area contributed by atoms with Crippen molar-refractivity contribution in [2.75, 3.05) is 33.2 Å². The standard InChI is InChI=1S/C19H29N5O2.HI/c1-4-19(5-2,15-9-7-6-8-10-15)14-23-17(20-3)21-11-12-24-16(25)13-22-18(24)26;/h6-10H,4-5,11-14H2,1-3H3,(H,22,26)(H2,20,21,23);1H. The van der Waals surface area contributed by atoms with Gasteiger partial charge in [-0.3, -0.25) is 14.7 Å². The largest absolute Gasteiger partial charge is 0.356 e. The third kappa shape index (κ3) is 5.82. The van der Waals surface area contributed by atoms with Gasteiger partial charge in [0.05, 0.1) is 6.54 Å². The van der Waals surface area contributed by atoms with Crippen molar-refractivity contribution in [1.29, 1.82) is 0 Å². The molecule has 0 unspecified atom stereocenters. The SMILES string of the molecule is CCC(CC)(CNC(=NC)NCCN1C(=O)CNC1=O)c1ccccc1.I. The summed E-state index contributed by atoms with van der Waals surface area (Å²) in [5, 5.41) is 9.08. The second-order valence-corrected chi connectivity index (χ2v) is 6.41. The number of nitrogens with zero attached hydrogens (tertiary/aromatic N) is 2. The average molecular weight is 487 g/mol. The molecule has 0 radical (unpaired) electrons. The van der Waals surface area contributed by atoms with Crippen molar-refractivity contribution < 1.29 is 9.59 Å². The van der Waals surface area contributed by atoms with Gasteiger partial charge in [0.25, 0.3) is 0 Å². The van der Waals surface area contributed by atoms with Gasteiger partial charge in [-0.1, -0.05) is 44.2 Å². The molecular formula is C19H30IN5O2. The predicted octanol–water partition coefficient (Wildman–Crippen LogP) is 2.08. The van der Waals surface area contributed by atoms with Crippen molar-refractivity contribution in [1.82, 2.24) is 20.9 Å². The highest BCUT2D eigenvalue weighted by Crippen LogP contribution is 2.30. The summed E-state index contributed by atoms with van der Waals surface area (Å²) in [7, 11) is 1.71. The van der Waals surface area contributed by atoms with Crippen LogP contribution in [0.25, 0.3) is 0 Å². The first-order valence-electron chi connectivity index (χ1n) is 9.14. The third-order valence-electron chi connectivity index (χ3n) is 5.12. The van der Waals surface area contributed by atoms with Crippen LogP contribution >= 0.6 is 24.0 Å². The van der Waals surface area contributed by atoms with Crippen LogP contribution in [0.2, 0.25) is 0 Å². The van der Waals surface area contributed by atoms with Crippen LogP contribution in [0.3, 0.4) is 0 Å². The van der Waals surface area contributed by atoms with Crippen molar-refractivity contribution in [2.45, 2.75) is 32.1 Å². The number of carbonyl (C=O) groups is 2. The summed E-state index contributed by atoms with van der Waals surface area (Å²) in [5.74, 6) is 0.471. The molecule has 1 heterocycles. The monoisotopic (exact) mass is 487 g/mol. The lowest BCUT2D eigenvalue weighted by Gasteiger charge is -2.33. The van der Waals surface area contributed by atoms with E-state index >= 15 is 0 Å². The normalized spacial score (nSPS) is 14.6. The van der Waals surface area contributed by atoms with Gasteiger partial charge < -0.3 is 16.0 Å². The number of guanidine groups is 1. The lowest BCUT2D eigenvalue weighted by atomic mass is 9.76. The third-order valence-corrected chi connectivity index (χ3v) is 5.12. The maximum atomic E-state index is 11.6. The first-order chi connectivity index (χ1) is 12.6. The fourth-order valence-corrected chi connectivity index (χ4v) is 3.24. The van der Waals surface area contributed by atoms with Crippen LogP contribution in [0.1, 0.15) is 32.3 Å². The molecule has 3 N–H and O–H groups in total. The minimum atomic E-state index is -0.334. The molecule has 3 amide bonds. The summed E-state index contributed by atoms with van der Waals surface area (Å²) < 4.78 is 0. The van der Waals surface area contributed by atoms with Crippen LogP contribution < -0.4 is 16.0 Å². The highest BCUT2D eigenvalue weighted by Gasteiger charge is 2.29. The van der Waals surface area contributed by atoms with Crippen LogP contribution in [-0.2, 0) is 10.2 Å². The van der Waals surface area contributed by atoms with Crippen LogP contribution in [0.4, 0.5) is 4.79 Å². The molecule has 27 heavy (non-hydrogen) atoms. The Labute approximate surface area is 178 Å². The molecule has 1 saturated heterocycles. The molecule has 1 aliphatic rings. The first kappa shape index (κ1) is 23.2. The second kappa shape index (κ2) is 11.1. The van der Waals surface area contributed by atoms with Crippen molar-refractivity contribution >= 4 is 41.9 Å². The van der Waals surface area contributed by atoms with Gasteiger partial charge >= 0.3 is 6.03 Å². The van der Waals surface area contributed by atoms with Crippen molar-refractivity contribution in [3.05, 3.63) is 35.9 Å². The number of amides is 3. The molecule has 1 aliphatic heterocycles. The highest BCUT2D eigenvalue weighted by atomic mass is 127. The van der Waals surface area contributed by atoms with Crippen molar-refractivity contribution in [2.24, 2.45) is 4.99 Å². The molecule has 1 fully saturated rings. The van der Waals surface area contributed by atoms with E-state index in [0.717, 1.165) is 19.4 Å². The molecule has 0 aliphatic carbocycles. The van der Waals surface area contributed by atoms with E-state index in [1.807, 2.05) is 6.07 Å². The Kier molecular flexibility index (Phi) is 9.54. The van der Waals surface area contributed by atoms with E-state index in [2.05, 4.69) is 59.1 Å². The molecule has 7 nitrogen and oxygen atoms in total. The summed E-state index contributed by atoms with van der Waals surface area (Å²) in [6, 6.07) is 10.2. The van der Waals surface area contributed by atoms with Gasteiger partial charge in [0.2, 0.25) is 5.91 Å². The number of imide groups is 1. The molecule has 8 heteroatoms. The molecule has 1 aromatic carbocycles. The number of hydrogen-bond acceptors (Lipinski definition) is 3. The van der Waals surface area contributed by atoms with Gasteiger partial charge in [0.1, 0.15) is 0 Å². The topological polar surface area (TPSA) is 85.8 Å². The van der Waals surface area contributed by atoms with Gasteiger partial charge in [-0.2, -0.15) is 0 Å². The summed E-state index contributed by atoms with van der Waals surface area (Å²) in [6.07, 6.45) is 2.03. The Morgan fingerprint density at radius 1 is 1.19 bits per heavy atom. The Hall–Kier alpha value is -1.84. The number of rotatable bonds is 8. The Morgan fingerprint density at radius 3 is 2.37 bits per heavy atom. The predicted molar refractivity (Wildman–Crippen MR) is 119 cm³/mol. The Balaban J connectivity index is 0.00000364. The van der Waals surface area contributed by atoms with Crippen LogP contribution in [0.5, 0.6) is 0 Å². The van der Waals surface area contributed by atoms with Crippen LogP contribution in [-0.4, -0.2) is 56.0 Å².